The molecule has 2 aromatic carbocycles. The second-order valence-corrected chi connectivity index (χ2v) is 8.04. The van der Waals surface area contributed by atoms with Gasteiger partial charge in [-0.05, 0) is 36.8 Å². The van der Waals surface area contributed by atoms with Crippen molar-refractivity contribution in [2.24, 2.45) is 0 Å². The molecular weight excluding hydrogens is 381 g/mol. The van der Waals surface area contributed by atoms with E-state index >= 15 is 0 Å². The number of carbonyl (C=O) groups excluding carboxylic acids is 1. The van der Waals surface area contributed by atoms with Crippen LogP contribution in [-0.2, 0) is 10.0 Å². The third-order valence-electron chi connectivity index (χ3n) is 4.38. The first-order chi connectivity index (χ1) is 12.8. The van der Waals surface area contributed by atoms with Crippen molar-refractivity contribution in [3.8, 4) is 0 Å². The number of hydrogen-bond acceptors (Lipinski definition) is 3. The van der Waals surface area contributed by atoms with Crippen LogP contribution in [-0.4, -0.2) is 49.7 Å². The molecule has 27 heavy (non-hydrogen) atoms. The molecular formula is C18H17F3N2O3S. The molecule has 1 aliphatic heterocycles. The molecule has 144 valence electrons. The Balaban J connectivity index is 1.77. The highest BCUT2D eigenvalue weighted by Crippen LogP contribution is 2.21. The van der Waals surface area contributed by atoms with Gasteiger partial charge in [0.25, 0.3) is 5.91 Å². The van der Waals surface area contributed by atoms with E-state index in [9.17, 15) is 26.4 Å². The first kappa shape index (κ1) is 19.4. The van der Waals surface area contributed by atoms with Crippen molar-refractivity contribution in [2.45, 2.75) is 11.3 Å². The second kappa shape index (κ2) is 7.69. The highest BCUT2D eigenvalue weighted by atomic mass is 32.2. The summed E-state index contributed by atoms with van der Waals surface area (Å²) in [5.74, 6) is -3.54. The summed E-state index contributed by atoms with van der Waals surface area (Å²) in [6, 6.07) is 7.98. The Hall–Kier alpha value is -2.39. The fraction of sp³-hybridized carbons (Fsp3) is 0.278. The van der Waals surface area contributed by atoms with E-state index in [1.807, 2.05) is 0 Å². The Morgan fingerprint density at radius 2 is 1.59 bits per heavy atom. The standard InChI is InChI=1S/C18H17F3N2O3S/c19-15-5-2-1-4-14(15)18(24)22-8-3-9-23(11-10-22)27(25,26)13-6-7-16(20)17(21)12-13/h1-2,4-7,12H,3,8-11H2. The van der Waals surface area contributed by atoms with E-state index in [1.54, 1.807) is 6.07 Å². The van der Waals surface area contributed by atoms with Crippen LogP contribution in [0.3, 0.4) is 0 Å². The average molecular weight is 398 g/mol. The molecule has 0 N–H and O–H groups in total. The number of halogens is 3. The molecule has 0 atom stereocenters. The Kier molecular flexibility index (Phi) is 5.52. The van der Waals surface area contributed by atoms with Gasteiger partial charge in [-0.25, -0.2) is 21.6 Å². The lowest BCUT2D eigenvalue weighted by molar-refractivity contribution is 0.0759. The second-order valence-electron chi connectivity index (χ2n) is 6.11. The van der Waals surface area contributed by atoms with Gasteiger partial charge in [-0.15, -0.1) is 0 Å². The van der Waals surface area contributed by atoms with Crippen molar-refractivity contribution in [1.29, 1.82) is 0 Å². The quantitative estimate of drug-likeness (QED) is 0.799. The molecule has 0 aromatic heterocycles. The predicted molar refractivity (Wildman–Crippen MR) is 92.0 cm³/mol. The first-order valence-electron chi connectivity index (χ1n) is 8.30. The van der Waals surface area contributed by atoms with E-state index in [0.29, 0.717) is 12.5 Å². The number of hydrogen-bond donors (Lipinski definition) is 0. The summed E-state index contributed by atoms with van der Waals surface area (Å²) >= 11 is 0. The SMILES string of the molecule is O=C(c1ccccc1F)N1CCCN(S(=O)(=O)c2ccc(F)c(F)c2)CC1. The molecule has 2 aromatic rings. The Labute approximate surface area is 155 Å². The van der Waals surface area contributed by atoms with Gasteiger partial charge in [0.15, 0.2) is 11.6 Å². The first-order valence-corrected chi connectivity index (χ1v) is 9.74. The Morgan fingerprint density at radius 1 is 0.852 bits per heavy atom. The summed E-state index contributed by atoms with van der Waals surface area (Å²) in [7, 11) is -4.03. The van der Waals surface area contributed by atoms with Gasteiger partial charge in [-0.1, -0.05) is 12.1 Å². The fourth-order valence-corrected chi connectivity index (χ4v) is 4.41. The minimum Gasteiger partial charge on any atom is -0.337 e. The van der Waals surface area contributed by atoms with E-state index < -0.39 is 33.4 Å². The maximum Gasteiger partial charge on any atom is 0.256 e. The minimum atomic E-state index is -4.03. The zero-order valence-corrected chi connectivity index (χ0v) is 15.1. The number of benzene rings is 2. The van der Waals surface area contributed by atoms with E-state index in [2.05, 4.69) is 0 Å². The van der Waals surface area contributed by atoms with Gasteiger partial charge >= 0.3 is 0 Å². The molecule has 1 saturated heterocycles. The van der Waals surface area contributed by atoms with Crippen molar-refractivity contribution in [3.05, 3.63) is 65.5 Å². The molecule has 0 bridgehead atoms. The van der Waals surface area contributed by atoms with Gasteiger partial charge in [0, 0.05) is 26.2 Å². The summed E-state index contributed by atoms with van der Waals surface area (Å²) < 4.78 is 66.8. The van der Waals surface area contributed by atoms with Gasteiger partial charge in [-0.3, -0.25) is 4.79 Å². The third kappa shape index (κ3) is 3.98. The number of nitrogens with zero attached hydrogens (tertiary/aromatic N) is 2. The average Bonchev–Trinajstić information content (AvgIpc) is 2.90. The number of sulfonamides is 1. The molecule has 0 radical (unpaired) electrons. The fourth-order valence-electron chi connectivity index (χ4n) is 2.93. The van der Waals surface area contributed by atoms with E-state index in [1.165, 1.54) is 23.1 Å². The molecule has 0 aliphatic carbocycles. The van der Waals surface area contributed by atoms with Crippen molar-refractivity contribution in [3.63, 3.8) is 0 Å². The van der Waals surface area contributed by atoms with Crippen molar-refractivity contribution in [2.75, 3.05) is 26.2 Å². The van der Waals surface area contributed by atoms with Crippen molar-refractivity contribution in [1.82, 2.24) is 9.21 Å². The maximum absolute atomic E-state index is 13.8. The summed E-state index contributed by atoms with van der Waals surface area (Å²) in [4.78, 5) is 13.5. The summed E-state index contributed by atoms with van der Waals surface area (Å²) in [6.07, 6.45) is 0.336. The van der Waals surface area contributed by atoms with Crippen LogP contribution in [0.5, 0.6) is 0 Å². The number of carbonyl (C=O) groups is 1. The molecule has 1 fully saturated rings. The topological polar surface area (TPSA) is 57.7 Å². The molecule has 3 rings (SSSR count). The Bertz CT molecular complexity index is 966. The van der Waals surface area contributed by atoms with Crippen LogP contribution in [0.4, 0.5) is 13.2 Å². The number of amides is 1. The van der Waals surface area contributed by atoms with Gasteiger partial charge in [0.1, 0.15) is 5.82 Å². The zero-order chi connectivity index (χ0) is 19.6. The van der Waals surface area contributed by atoms with Crippen LogP contribution in [0.2, 0.25) is 0 Å². The van der Waals surface area contributed by atoms with Gasteiger partial charge < -0.3 is 4.90 Å². The Morgan fingerprint density at radius 3 is 2.30 bits per heavy atom. The zero-order valence-electron chi connectivity index (χ0n) is 14.2. The molecule has 0 saturated carbocycles. The molecule has 1 heterocycles. The lowest BCUT2D eigenvalue weighted by Crippen LogP contribution is -2.37. The summed E-state index contributed by atoms with van der Waals surface area (Å²) in [6.45, 7) is 0.414. The van der Waals surface area contributed by atoms with Crippen LogP contribution in [0.25, 0.3) is 0 Å². The lowest BCUT2D eigenvalue weighted by Gasteiger charge is -2.22. The van der Waals surface area contributed by atoms with Crippen LogP contribution >= 0.6 is 0 Å². The maximum atomic E-state index is 13.8. The van der Waals surface area contributed by atoms with Crippen molar-refractivity contribution < 1.29 is 26.4 Å². The normalized spacial score (nSPS) is 16.2. The summed E-state index contributed by atoms with van der Waals surface area (Å²) in [5, 5.41) is 0. The van der Waals surface area contributed by atoms with Gasteiger partial charge in [0.05, 0.1) is 10.5 Å². The minimum absolute atomic E-state index is 0.0263. The largest absolute Gasteiger partial charge is 0.337 e. The van der Waals surface area contributed by atoms with Gasteiger partial charge in [0.2, 0.25) is 10.0 Å². The van der Waals surface area contributed by atoms with E-state index in [-0.39, 0.29) is 36.6 Å². The molecule has 1 amide bonds. The van der Waals surface area contributed by atoms with Crippen LogP contribution in [0.1, 0.15) is 16.8 Å². The highest BCUT2D eigenvalue weighted by molar-refractivity contribution is 7.89. The molecule has 5 nitrogen and oxygen atoms in total. The molecule has 1 aliphatic rings. The monoisotopic (exact) mass is 398 g/mol. The van der Waals surface area contributed by atoms with E-state index in [4.69, 9.17) is 0 Å². The molecule has 9 heteroatoms. The highest BCUT2D eigenvalue weighted by Gasteiger charge is 2.29. The summed E-state index contributed by atoms with van der Waals surface area (Å²) in [5.41, 5.74) is -0.0746. The third-order valence-corrected chi connectivity index (χ3v) is 6.27. The molecule has 0 unspecified atom stereocenters. The number of rotatable bonds is 3. The van der Waals surface area contributed by atoms with Crippen molar-refractivity contribution >= 4 is 15.9 Å². The van der Waals surface area contributed by atoms with Crippen LogP contribution in [0.15, 0.2) is 47.4 Å². The predicted octanol–water partition coefficient (Wildman–Crippen LogP) is 2.64. The van der Waals surface area contributed by atoms with Crippen LogP contribution < -0.4 is 0 Å². The smallest absolute Gasteiger partial charge is 0.256 e. The van der Waals surface area contributed by atoms with E-state index in [0.717, 1.165) is 16.4 Å². The van der Waals surface area contributed by atoms with Crippen LogP contribution in [0, 0.1) is 17.5 Å². The van der Waals surface area contributed by atoms with Gasteiger partial charge in [-0.2, -0.15) is 4.31 Å². The molecule has 0 spiro atoms. The lowest BCUT2D eigenvalue weighted by atomic mass is 10.2.